The Balaban J connectivity index is 1.60. The predicted octanol–water partition coefficient (Wildman–Crippen LogP) is 7.02. The minimum Gasteiger partial charge on any atom is -0.497 e. The number of fused-ring (bicyclic) bond motifs is 5. The van der Waals surface area contributed by atoms with E-state index in [1.165, 1.54) is 24.8 Å². The van der Waals surface area contributed by atoms with Gasteiger partial charge < -0.3 is 14.0 Å². The molecule has 2 unspecified atom stereocenters. The fourth-order valence-electron chi connectivity index (χ4n) is 6.91. The summed E-state index contributed by atoms with van der Waals surface area (Å²) in [5, 5.41) is 5.42. The van der Waals surface area contributed by atoms with E-state index >= 15 is 0 Å². The van der Waals surface area contributed by atoms with Gasteiger partial charge in [0.05, 0.1) is 43.1 Å². The zero-order valence-corrected chi connectivity index (χ0v) is 28.0. The number of aromatic nitrogens is 3. The largest absolute Gasteiger partial charge is 0.497 e. The number of carbonyl (C=O) groups is 2. The monoisotopic (exact) mass is 642 g/mol. The van der Waals surface area contributed by atoms with Crippen molar-refractivity contribution in [2.24, 2.45) is 7.05 Å². The third-order valence-electron chi connectivity index (χ3n) is 9.42. The normalized spacial score (nSPS) is 16.2. The van der Waals surface area contributed by atoms with Crippen molar-refractivity contribution in [2.45, 2.75) is 77.0 Å². The number of rotatable bonds is 9. The van der Waals surface area contributed by atoms with Gasteiger partial charge in [0.15, 0.2) is 0 Å². The molecule has 10 heteroatoms. The molecule has 0 bridgehead atoms. The number of ether oxygens (including phenoxy) is 2. The van der Waals surface area contributed by atoms with E-state index in [4.69, 9.17) is 9.47 Å². The van der Waals surface area contributed by atoms with Gasteiger partial charge in [-0.3, -0.25) is 14.2 Å². The Morgan fingerprint density at radius 1 is 1.09 bits per heavy atom. The Morgan fingerprint density at radius 3 is 2.59 bits per heavy atom. The Kier molecular flexibility index (Phi) is 9.18. The average Bonchev–Trinajstić information content (AvgIpc) is 3.56. The fourth-order valence-corrected chi connectivity index (χ4v) is 7.71. The van der Waals surface area contributed by atoms with Gasteiger partial charge in [0.1, 0.15) is 22.3 Å². The van der Waals surface area contributed by atoms with Crippen LogP contribution in [-0.2, 0) is 29.3 Å². The van der Waals surface area contributed by atoms with Crippen LogP contribution >= 0.6 is 0 Å². The van der Waals surface area contributed by atoms with E-state index in [9.17, 15) is 13.8 Å². The molecule has 46 heavy (non-hydrogen) atoms. The summed E-state index contributed by atoms with van der Waals surface area (Å²) in [4.78, 5) is 26.5. The molecule has 2 aromatic carbocycles. The molecule has 0 spiro atoms. The van der Waals surface area contributed by atoms with Gasteiger partial charge >= 0.3 is 5.97 Å². The van der Waals surface area contributed by atoms with Gasteiger partial charge in [-0.2, -0.15) is 5.10 Å². The molecule has 0 saturated heterocycles. The molecule has 1 fully saturated rings. The van der Waals surface area contributed by atoms with Gasteiger partial charge in [0.25, 0.3) is 5.91 Å². The van der Waals surface area contributed by atoms with Crippen LogP contribution in [0.25, 0.3) is 33.8 Å². The number of hydrogen-bond acceptors (Lipinski definition) is 6. The van der Waals surface area contributed by atoms with E-state index in [0.717, 1.165) is 51.9 Å². The summed E-state index contributed by atoms with van der Waals surface area (Å²) in [6, 6.07) is 12.0. The van der Waals surface area contributed by atoms with Crippen molar-refractivity contribution in [3.8, 4) is 17.0 Å². The van der Waals surface area contributed by atoms with Crippen molar-refractivity contribution < 1.29 is 23.3 Å². The van der Waals surface area contributed by atoms with Crippen molar-refractivity contribution in [2.75, 3.05) is 13.7 Å². The maximum absolute atomic E-state index is 13.4. The first-order valence-corrected chi connectivity index (χ1v) is 17.4. The highest BCUT2D eigenvalue weighted by atomic mass is 32.2. The summed E-state index contributed by atoms with van der Waals surface area (Å²) in [6.07, 6.45) is 10.2. The highest BCUT2D eigenvalue weighted by molar-refractivity contribution is 7.84. The zero-order chi connectivity index (χ0) is 32.5. The Morgan fingerprint density at radius 2 is 1.87 bits per heavy atom. The van der Waals surface area contributed by atoms with Gasteiger partial charge in [-0.25, -0.2) is 9.00 Å². The number of nitrogens with zero attached hydrogens (tertiary/aromatic N) is 3. The number of benzene rings is 2. The molecule has 3 heterocycles. The van der Waals surface area contributed by atoms with Crippen molar-refractivity contribution in [1.82, 2.24) is 19.1 Å². The molecule has 2 aromatic heterocycles. The van der Waals surface area contributed by atoms with Crippen LogP contribution in [-0.4, -0.2) is 49.4 Å². The first-order chi connectivity index (χ1) is 22.2. The third kappa shape index (κ3) is 5.79. The third-order valence-corrected chi connectivity index (χ3v) is 10.9. The number of allylic oxidation sites excluding steroid dienone is 1. The number of methoxy groups -OCH3 is 1. The molecule has 0 radical (unpaired) electrons. The maximum atomic E-state index is 13.4. The number of esters is 1. The second kappa shape index (κ2) is 13.3. The Hall–Kier alpha value is -4.18. The van der Waals surface area contributed by atoms with Crippen LogP contribution < -0.4 is 9.46 Å². The lowest BCUT2D eigenvalue weighted by atomic mass is 9.81. The highest BCUT2D eigenvalue weighted by Gasteiger charge is 2.31. The molecule has 1 amide bonds. The van der Waals surface area contributed by atoms with Gasteiger partial charge in [-0.15, -0.1) is 0 Å². The number of nitrogens with one attached hydrogen (secondary N) is 1. The highest BCUT2D eigenvalue weighted by Crippen LogP contribution is 2.48. The second-order valence-corrected chi connectivity index (χ2v) is 13.8. The molecule has 9 nitrogen and oxygen atoms in total. The molecule has 1 aliphatic carbocycles. The van der Waals surface area contributed by atoms with Crippen molar-refractivity contribution >= 4 is 45.4 Å². The summed E-state index contributed by atoms with van der Waals surface area (Å²) in [5.74, 6) is 0.326. The van der Waals surface area contributed by atoms with Gasteiger partial charge in [-0.05, 0) is 92.1 Å². The lowest BCUT2D eigenvalue weighted by Gasteiger charge is -2.24. The summed E-state index contributed by atoms with van der Waals surface area (Å²) in [5.41, 5.74) is 7.80. The summed E-state index contributed by atoms with van der Waals surface area (Å²) >= 11 is 0. The summed E-state index contributed by atoms with van der Waals surface area (Å²) < 4.78 is 30.5. The van der Waals surface area contributed by atoms with E-state index < -0.39 is 17.0 Å². The molecular formula is C36H42N4O5S. The molecule has 1 N–H and O–H groups in total. The number of aryl methyl sites for hydroxylation is 1. The molecule has 6 rings (SSSR count). The lowest BCUT2D eigenvalue weighted by Crippen LogP contribution is -2.31. The topological polar surface area (TPSA) is 104 Å². The van der Waals surface area contributed by atoms with Crippen molar-refractivity contribution in [3.63, 3.8) is 0 Å². The molecule has 2 atom stereocenters. The first-order valence-electron chi connectivity index (χ1n) is 16.2. The summed E-state index contributed by atoms with van der Waals surface area (Å²) in [6.45, 7) is 6.31. The number of carbonyl (C=O) groups excluding carboxylic acids is 2. The van der Waals surface area contributed by atoms with E-state index in [2.05, 4.69) is 32.6 Å². The molecule has 1 saturated carbocycles. The number of amides is 1. The van der Waals surface area contributed by atoms with Gasteiger partial charge in [-0.1, -0.05) is 32.3 Å². The fraction of sp³-hybridized carbons (Fsp3) is 0.417. The van der Waals surface area contributed by atoms with Crippen molar-refractivity contribution in [3.05, 3.63) is 70.5 Å². The van der Waals surface area contributed by atoms with Crippen LogP contribution in [0.2, 0.25) is 0 Å². The SMILES string of the molecule is CCOC(=O)c1cnn(C)c1C1=Cc2cc(OC)ccc2-c2c(C3CCCCC3)c3ccc(C(=O)NS(=O)C(C)CC)cc3n2C1. The van der Waals surface area contributed by atoms with Crippen LogP contribution in [0.5, 0.6) is 5.75 Å². The predicted molar refractivity (Wildman–Crippen MR) is 182 cm³/mol. The van der Waals surface area contributed by atoms with Crippen LogP contribution in [0.4, 0.5) is 0 Å². The van der Waals surface area contributed by atoms with Gasteiger partial charge in [0, 0.05) is 29.1 Å². The van der Waals surface area contributed by atoms with Gasteiger partial charge in [0.2, 0.25) is 0 Å². The zero-order valence-electron chi connectivity index (χ0n) is 27.2. The standard InChI is InChI=1S/C36H42N4O5S/c1-6-22(3)46(43)38-35(41)24-13-15-29-31(19-24)40-21-26(33-30(20-37-39(33)4)36(42)45-7-2)17-25-18-27(44-5)14-16-28(25)34(40)32(29)23-11-9-8-10-12-23/h13-20,22-23H,6-12,21H2,1-5H3,(H,38,41). The Bertz CT molecular complexity index is 1860. The van der Waals surface area contributed by atoms with Crippen LogP contribution in [0.3, 0.4) is 0 Å². The maximum Gasteiger partial charge on any atom is 0.341 e. The second-order valence-electron chi connectivity index (χ2n) is 12.2. The lowest BCUT2D eigenvalue weighted by molar-refractivity contribution is 0.0525. The minimum atomic E-state index is -1.48. The molecular weight excluding hydrogens is 600 g/mol. The quantitative estimate of drug-likeness (QED) is 0.197. The van der Waals surface area contributed by atoms with Crippen LogP contribution in [0, 0.1) is 0 Å². The van der Waals surface area contributed by atoms with E-state index in [-0.39, 0.29) is 17.8 Å². The van der Waals surface area contributed by atoms with E-state index in [1.807, 2.05) is 45.2 Å². The average molecular weight is 643 g/mol. The summed E-state index contributed by atoms with van der Waals surface area (Å²) in [7, 11) is 2.01. The van der Waals surface area contributed by atoms with Crippen LogP contribution in [0.1, 0.15) is 103 Å². The first kappa shape index (κ1) is 31.8. The van der Waals surface area contributed by atoms with Crippen LogP contribution in [0.15, 0.2) is 42.6 Å². The molecule has 242 valence electrons. The molecule has 1 aliphatic heterocycles. The Labute approximate surface area is 272 Å². The van der Waals surface area contributed by atoms with E-state index in [1.54, 1.807) is 24.9 Å². The minimum absolute atomic E-state index is 0.149. The molecule has 2 aliphatic rings. The smallest absolute Gasteiger partial charge is 0.341 e. The van der Waals surface area contributed by atoms with E-state index in [0.29, 0.717) is 35.7 Å². The molecule has 4 aromatic rings. The number of hydrogen-bond donors (Lipinski definition) is 1. The van der Waals surface area contributed by atoms with Crippen molar-refractivity contribution in [1.29, 1.82) is 0 Å².